The van der Waals surface area contributed by atoms with Gasteiger partial charge in [0.25, 0.3) is 0 Å². The summed E-state index contributed by atoms with van der Waals surface area (Å²) in [5, 5.41) is 0. The summed E-state index contributed by atoms with van der Waals surface area (Å²) in [6, 6.07) is 10.5. The van der Waals surface area contributed by atoms with Gasteiger partial charge in [-0.2, -0.15) is 0 Å². The van der Waals surface area contributed by atoms with Crippen molar-refractivity contribution in [3.8, 4) is 0 Å². The summed E-state index contributed by atoms with van der Waals surface area (Å²) in [5.74, 6) is 0.277. The topological polar surface area (TPSA) is 66.6 Å². The molecule has 4 rings (SSSR count). The molecular formula is C20H27N3O2. The maximum absolute atomic E-state index is 13.0. The number of nitrogens with zero attached hydrogens (tertiary/aromatic N) is 2. The average molecular weight is 341 g/mol. The van der Waals surface area contributed by atoms with Crippen molar-refractivity contribution in [2.75, 3.05) is 19.6 Å². The smallest absolute Gasteiger partial charge is 0.228 e. The van der Waals surface area contributed by atoms with Crippen molar-refractivity contribution in [3.63, 3.8) is 0 Å². The van der Waals surface area contributed by atoms with E-state index in [9.17, 15) is 9.59 Å². The van der Waals surface area contributed by atoms with Crippen molar-refractivity contribution in [2.24, 2.45) is 11.7 Å². The minimum Gasteiger partial charge on any atom is -0.340 e. The molecule has 5 nitrogen and oxygen atoms in total. The first kappa shape index (κ1) is 16.6. The Morgan fingerprint density at radius 3 is 2.48 bits per heavy atom. The number of nitrogens with two attached hydrogens (primary N) is 1. The highest BCUT2D eigenvalue weighted by atomic mass is 16.2. The lowest BCUT2D eigenvalue weighted by Crippen LogP contribution is -2.39. The van der Waals surface area contributed by atoms with Gasteiger partial charge in [-0.1, -0.05) is 43.2 Å². The van der Waals surface area contributed by atoms with Crippen LogP contribution in [0.3, 0.4) is 0 Å². The lowest BCUT2D eigenvalue weighted by atomic mass is 9.95. The molecule has 1 aromatic carbocycles. The first-order valence-corrected chi connectivity index (χ1v) is 9.52. The van der Waals surface area contributed by atoms with Gasteiger partial charge in [0.2, 0.25) is 11.8 Å². The summed E-state index contributed by atoms with van der Waals surface area (Å²) < 4.78 is 0. The summed E-state index contributed by atoms with van der Waals surface area (Å²) in [4.78, 5) is 29.2. The second-order valence-corrected chi connectivity index (χ2v) is 7.81. The Morgan fingerprint density at radius 1 is 1.04 bits per heavy atom. The predicted octanol–water partition coefficient (Wildman–Crippen LogP) is 1.73. The highest BCUT2D eigenvalue weighted by Crippen LogP contribution is 2.32. The molecule has 0 spiro atoms. The summed E-state index contributed by atoms with van der Waals surface area (Å²) >= 11 is 0. The molecule has 0 radical (unpaired) electrons. The van der Waals surface area contributed by atoms with Crippen molar-refractivity contribution in [3.05, 3.63) is 35.9 Å². The van der Waals surface area contributed by atoms with E-state index in [-0.39, 0.29) is 29.7 Å². The van der Waals surface area contributed by atoms with Crippen LogP contribution in [0, 0.1) is 5.92 Å². The number of hydrogen-bond acceptors (Lipinski definition) is 3. The van der Waals surface area contributed by atoms with Crippen LogP contribution in [0.1, 0.15) is 43.6 Å². The van der Waals surface area contributed by atoms with Gasteiger partial charge in [-0.05, 0) is 18.4 Å². The Hall–Kier alpha value is -1.88. The monoisotopic (exact) mass is 341 g/mol. The van der Waals surface area contributed by atoms with E-state index in [1.54, 1.807) is 0 Å². The third-order valence-electron chi connectivity index (χ3n) is 6.18. The molecule has 3 atom stereocenters. The van der Waals surface area contributed by atoms with Crippen LogP contribution >= 0.6 is 0 Å². The minimum atomic E-state index is -0.185. The van der Waals surface area contributed by atoms with E-state index in [1.807, 2.05) is 28.0 Å². The van der Waals surface area contributed by atoms with Gasteiger partial charge < -0.3 is 15.5 Å². The van der Waals surface area contributed by atoms with Crippen molar-refractivity contribution in [1.82, 2.24) is 9.80 Å². The number of amides is 2. The number of benzene rings is 1. The van der Waals surface area contributed by atoms with E-state index in [4.69, 9.17) is 5.73 Å². The maximum atomic E-state index is 13.0. The largest absolute Gasteiger partial charge is 0.340 e. The van der Waals surface area contributed by atoms with Crippen LogP contribution < -0.4 is 5.73 Å². The fourth-order valence-electron chi connectivity index (χ4n) is 4.79. The van der Waals surface area contributed by atoms with Gasteiger partial charge in [0.1, 0.15) is 0 Å². The van der Waals surface area contributed by atoms with Gasteiger partial charge in [0, 0.05) is 44.1 Å². The molecule has 25 heavy (non-hydrogen) atoms. The van der Waals surface area contributed by atoms with Crippen LogP contribution in [0.15, 0.2) is 30.3 Å². The molecule has 2 heterocycles. The molecule has 3 aliphatic rings. The van der Waals surface area contributed by atoms with E-state index in [1.165, 1.54) is 18.4 Å². The van der Waals surface area contributed by atoms with Gasteiger partial charge in [-0.15, -0.1) is 0 Å². The number of rotatable bonds is 3. The van der Waals surface area contributed by atoms with Crippen LogP contribution in [-0.2, 0) is 9.59 Å². The number of carbonyl (C=O) groups is 2. The zero-order valence-electron chi connectivity index (χ0n) is 14.6. The Morgan fingerprint density at radius 2 is 1.76 bits per heavy atom. The molecule has 1 saturated carbocycles. The normalized spacial score (nSPS) is 30.4. The standard InChI is InChI=1S/C20H27N3O2/c21-18-13-22(12-17(18)14-6-2-1-3-7-14)20(25)15-10-19(24)23(11-15)16-8-4-5-9-16/h1-3,6-7,15-18H,4-5,8-13,21H2/t15?,17-,18+/m0/s1. The first-order chi connectivity index (χ1) is 12.1. The van der Waals surface area contributed by atoms with Gasteiger partial charge in [-0.25, -0.2) is 0 Å². The Labute approximate surface area is 149 Å². The van der Waals surface area contributed by atoms with Crippen LogP contribution in [-0.4, -0.2) is 53.3 Å². The fraction of sp³-hybridized carbons (Fsp3) is 0.600. The first-order valence-electron chi connectivity index (χ1n) is 9.52. The summed E-state index contributed by atoms with van der Waals surface area (Å²) in [5.41, 5.74) is 7.52. The maximum Gasteiger partial charge on any atom is 0.228 e. The van der Waals surface area contributed by atoms with Crippen molar-refractivity contribution in [1.29, 1.82) is 0 Å². The van der Waals surface area contributed by atoms with E-state index < -0.39 is 0 Å². The molecule has 2 aliphatic heterocycles. The van der Waals surface area contributed by atoms with Crippen LogP contribution in [0.2, 0.25) is 0 Å². The molecule has 134 valence electrons. The molecule has 0 bridgehead atoms. The molecule has 1 unspecified atom stereocenters. The molecule has 1 aromatic rings. The Bertz CT molecular complexity index is 642. The molecule has 2 amide bonds. The predicted molar refractivity (Wildman–Crippen MR) is 95.8 cm³/mol. The number of carbonyl (C=O) groups excluding carboxylic acids is 2. The summed E-state index contributed by atoms with van der Waals surface area (Å²) in [6.45, 7) is 1.86. The zero-order chi connectivity index (χ0) is 17.4. The minimum absolute atomic E-state index is 0.0330. The van der Waals surface area contributed by atoms with Crippen molar-refractivity contribution >= 4 is 11.8 Å². The van der Waals surface area contributed by atoms with Gasteiger partial charge in [0.05, 0.1) is 5.92 Å². The second-order valence-electron chi connectivity index (χ2n) is 7.81. The quantitative estimate of drug-likeness (QED) is 0.910. The van der Waals surface area contributed by atoms with E-state index in [0.29, 0.717) is 32.1 Å². The van der Waals surface area contributed by atoms with E-state index in [2.05, 4.69) is 12.1 Å². The van der Waals surface area contributed by atoms with Crippen molar-refractivity contribution in [2.45, 2.75) is 50.1 Å². The molecule has 2 N–H and O–H groups in total. The molecule has 5 heteroatoms. The van der Waals surface area contributed by atoms with Crippen LogP contribution in [0.25, 0.3) is 0 Å². The SMILES string of the molecule is N[C@@H]1CN(C(=O)C2CC(=O)N(C3CCCC3)C2)C[C@H]1c1ccccc1. The molecule has 3 fully saturated rings. The lowest BCUT2D eigenvalue weighted by molar-refractivity contribution is -0.135. The fourth-order valence-corrected chi connectivity index (χ4v) is 4.79. The van der Waals surface area contributed by atoms with Crippen molar-refractivity contribution < 1.29 is 9.59 Å². The third kappa shape index (κ3) is 3.17. The van der Waals surface area contributed by atoms with Gasteiger partial charge >= 0.3 is 0 Å². The van der Waals surface area contributed by atoms with Gasteiger partial charge in [0.15, 0.2) is 0 Å². The third-order valence-corrected chi connectivity index (χ3v) is 6.18. The van der Waals surface area contributed by atoms with Crippen LogP contribution in [0.5, 0.6) is 0 Å². The average Bonchev–Trinajstić information content (AvgIpc) is 3.34. The number of hydrogen-bond donors (Lipinski definition) is 1. The highest BCUT2D eigenvalue weighted by Gasteiger charge is 2.42. The lowest BCUT2D eigenvalue weighted by Gasteiger charge is -2.25. The van der Waals surface area contributed by atoms with Gasteiger partial charge in [-0.3, -0.25) is 9.59 Å². The highest BCUT2D eigenvalue weighted by molar-refractivity contribution is 5.89. The molecule has 0 aromatic heterocycles. The summed E-state index contributed by atoms with van der Waals surface area (Å²) in [7, 11) is 0. The Balaban J connectivity index is 1.41. The zero-order valence-corrected chi connectivity index (χ0v) is 14.6. The molecule has 1 aliphatic carbocycles. The molecule has 2 saturated heterocycles. The van der Waals surface area contributed by atoms with E-state index in [0.717, 1.165) is 12.8 Å². The summed E-state index contributed by atoms with van der Waals surface area (Å²) in [6.07, 6.45) is 4.96. The Kier molecular flexibility index (Phi) is 4.50. The second kappa shape index (κ2) is 6.79. The van der Waals surface area contributed by atoms with Crippen LogP contribution in [0.4, 0.5) is 0 Å². The molecular weight excluding hydrogens is 314 g/mol. The van der Waals surface area contributed by atoms with E-state index >= 15 is 0 Å². The number of likely N-dealkylation sites (tertiary alicyclic amines) is 2.